The van der Waals surface area contributed by atoms with Gasteiger partial charge in [0.2, 0.25) is 11.8 Å². The molecule has 0 saturated carbocycles. The summed E-state index contributed by atoms with van der Waals surface area (Å²) in [5.74, 6) is -0.179. The number of hydrogen-bond donors (Lipinski definition) is 2. The molecule has 5 rings (SSSR count). The van der Waals surface area contributed by atoms with E-state index in [2.05, 4.69) is 52.5 Å². The normalized spacial score (nSPS) is 18.3. The molecule has 0 radical (unpaired) electrons. The monoisotopic (exact) mass is 649 g/mol. The van der Waals surface area contributed by atoms with Crippen molar-refractivity contribution in [1.29, 1.82) is 0 Å². The van der Waals surface area contributed by atoms with Crippen molar-refractivity contribution in [2.45, 2.75) is 51.2 Å². The first-order valence-corrected chi connectivity index (χ1v) is 17.0. The highest BCUT2D eigenvalue weighted by atomic mass is 35.5. The molecule has 1 saturated heterocycles. The molecule has 45 heavy (non-hydrogen) atoms. The first-order valence-electron chi connectivity index (χ1n) is 16.2. The van der Waals surface area contributed by atoms with E-state index in [9.17, 15) is 9.59 Å². The molecular formula is C36H45Cl2N5O2. The van der Waals surface area contributed by atoms with E-state index in [0.717, 1.165) is 67.4 Å². The maximum Gasteiger partial charge on any atom is 0.245 e. The fourth-order valence-electron chi connectivity index (χ4n) is 6.63. The molecule has 2 aliphatic heterocycles. The summed E-state index contributed by atoms with van der Waals surface area (Å²) in [5.41, 5.74) is 4.51. The molecule has 3 aromatic carbocycles. The van der Waals surface area contributed by atoms with Crippen LogP contribution in [0.2, 0.25) is 10.0 Å². The molecule has 0 bridgehead atoms. The van der Waals surface area contributed by atoms with E-state index in [1.807, 2.05) is 59.5 Å². The van der Waals surface area contributed by atoms with Gasteiger partial charge in [0.25, 0.3) is 0 Å². The van der Waals surface area contributed by atoms with Crippen molar-refractivity contribution in [2.24, 2.45) is 0 Å². The van der Waals surface area contributed by atoms with Gasteiger partial charge in [-0.2, -0.15) is 0 Å². The number of fused-ring (bicyclic) bond motifs is 1. The van der Waals surface area contributed by atoms with Gasteiger partial charge in [0.15, 0.2) is 0 Å². The predicted octanol–water partition coefficient (Wildman–Crippen LogP) is 5.53. The third-order valence-electron chi connectivity index (χ3n) is 9.25. The van der Waals surface area contributed by atoms with E-state index in [1.165, 1.54) is 5.56 Å². The van der Waals surface area contributed by atoms with Gasteiger partial charge in [-0.25, -0.2) is 0 Å². The molecule has 0 aromatic heterocycles. The minimum Gasteiger partial charge on any atom is -0.344 e. The standard InChI is InChI=1S/C36H45Cl2N5O2/c1-3-41(4-2)25-34(30-11-7-8-12-31(30)38)42-19-21-43(22-20-42)36(45)33(23-26-13-15-28(37)16-14-26)40-35(44)24-32-29-10-6-5-9-27(29)17-18-39-32/h5-16,32-34,39H,3-4,17-25H2,1-2H3,(H,40,44)/t32-,33-,34?/m1/s1. The Morgan fingerprint density at radius 1 is 0.933 bits per heavy atom. The zero-order valence-corrected chi connectivity index (χ0v) is 27.9. The van der Waals surface area contributed by atoms with Gasteiger partial charge in [0, 0.05) is 67.7 Å². The average molecular weight is 651 g/mol. The Balaban J connectivity index is 1.28. The maximum atomic E-state index is 14.1. The molecule has 1 unspecified atom stereocenters. The van der Waals surface area contributed by atoms with Gasteiger partial charge < -0.3 is 20.4 Å². The van der Waals surface area contributed by atoms with Crippen LogP contribution in [0.15, 0.2) is 72.8 Å². The quantitative estimate of drug-likeness (QED) is 0.270. The Morgan fingerprint density at radius 2 is 1.62 bits per heavy atom. The average Bonchev–Trinajstić information content (AvgIpc) is 3.06. The Labute approximate surface area is 277 Å². The van der Waals surface area contributed by atoms with Gasteiger partial charge in [0.1, 0.15) is 6.04 Å². The number of halogens is 2. The van der Waals surface area contributed by atoms with Crippen molar-refractivity contribution >= 4 is 35.0 Å². The van der Waals surface area contributed by atoms with Crippen molar-refractivity contribution in [3.63, 3.8) is 0 Å². The molecule has 0 aliphatic carbocycles. The van der Waals surface area contributed by atoms with Crippen LogP contribution in [-0.2, 0) is 22.4 Å². The molecular weight excluding hydrogens is 605 g/mol. The number of hydrogen-bond acceptors (Lipinski definition) is 5. The number of piperazine rings is 1. The number of amides is 2. The van der Waals surface area contributed by atoms with E-state index in [0.29, 0.717) is 24.5 Å². The molecule has 2 N–H and O–H groups in total. The molecule has 7 nitrogen and oxygen atoms in total. The summed E-state index contributed by atoms with van der Waals surface area (Å²) in [7, 11) is 0. The van der Waals surface area contributed by atoms with Crippen LogP contribution < -0.4 is 10.6 Å². The molecule has 0 spiro atoms. The summed E-state index contributed by atoms with van der Waals surface area (Å²) in [6.07, 6.45) is 1.63. The van der Waals surface area contributed by atoms with E-state index in [4.69, 9.17) is 23.2 Å². The number of benzene rings is 3. The van der Waals surface area contributed by atoms with Crippen LogP contribution in [-0.4, -0.2) is 84.9 Å². The molecule has 3 aromatic rings. The first kappa shape index (κ1) is 33.4. The van der Waals surface area contributed by atoms with E-state index in [-0.39, 0.29) is 30.3 Å². The highest BCUT2D eigenvalue weighted by molar-refractivity contribution is 6.31. The van der Waals surface area contributed by atoms with Crippen LogP contribution in [0, 0.1) is 0 Å². The molecule has 2 aliphatic rings. The van der Waals surface area contributed by atoms with E-state index in [1.54, 1.807) is 0 Å². The lowest BCUT2D eigenvalue weighted by molar-refractivity contribution is -0.138. The summed E-state index contributed by atoms with van der Waals surface area (Å²) in [6, 6.07) is 23.3. The van der Waals surface area contributed by atoms with Crippen molar-refractivity contribution in [1.82, 2.24) is 25.3 Å². The van der Waals surface area contributed by atoms with Gasteiger partial charge in [-0.15, -0.1) is 0 Å². The van der Waals surface area contributed by atoms with Crippen molar-refractivity contribution < 1.29 is 9.59 Å². The topological polar surface area (TPSA) is 67.9 Å². The highest BCUT2D eigenvalue weighted by Crippen LogP contribution is 2.30. The Kier molecular flexibility index (Phi) is 11.9. The fourth-order valence-corrected chi connectivity index (χ4v) is 7.01. The second-order valence-electron chi connectivity index (χ2n) is 12.0. The third-order valence-corrected chi connectivity index (χ3v) is 9.84. The largest absolute Gasteiger partial charge is 0.344 e. The minimum absolute atomic E-state index is 0.0482. The number of nitrogens with one attached hydrogen (secondary N) is 2. The van der Waals surface area contributed by atoms with Crippen LogP contribution in [0.1, 0.15) is 54.6 Å². The van der Waals surface area contributed by atoms with Crippen LogP contribution >= 0.6 is 23.2 Å². The highest BCUT2D eigenvalue weighted by Gasteiger charge is 2.33. The van der Waals surface area contributed by atoms with Gasteiger partial charge in [-0.3, -0.25) is 14.5 Å². The molecule has 2 amide bonds. The number of carbonyl (C=O) groups excluding carboxylic acids is 2. The number of carbonyl (C=O) groups is 2. The summed E-state index contributed by atoms with van der Waals surface area (Å²) in [6.45, 7) is 10.6. The van der Waals surface area contributed by atoms with Crippen molar-refractivity contribution in [3.05, 3.63) is 105 Å². The first-order chi connectivity index (χ1) is 21.9. The van der Waals surface area contributed by atoms with Crippen molar-refractivity contribution in [3.8, 4) is 0 Å². The zero-order valence-electron chi connectivity index (χ0n) is 26.4. The maximum absolute atomic E-state index is 14.1. The van der Waals surface area contributed by atoms with Gasteiger partial charge >= 0.3 is 0 Å². The van der Waals surface area contributed by atoms with Gasteiger partial charge in [-0.1, -0.05) is 91.6 Å². The lowest BCUT2D eigenvalue weighted by Gasteiger charge is -2.42. The smallest absolute Gasteiger partial charge is 0.245 e. The summed E-state index contributed by atoms with van der Waals surface area (Å²) in [5, 5.41) is 8.03. The second-order valence-corrected chi connectivity index (χ2v) is 12.8. The number of nitrogens with zero attached hydrogens (tertiary/aromatic N) is 3. The third kappa shape index (κ3) is 8.66. The number of rotatable bonds is 12. The lowest BCUT2D eigenvalue weighted by atomic mass is 9.92. The lowest BCUT2D eigenvalue weighted by Crippen LogP contribution is -2.56. The second kappa shape index (κ2) is 16.1. The summed E-state index contributed by atoms with van der Waals surface area (Å²) < 4.78 is 0. The molecule has 240 valence electrons. The van der Waals surface area contributed by atoms with Crippen LogP contribution in [0.5, 0.6) is 0 Å². The molecule has 2 heterocycles. The number of likely N-dealkylation sites (N-methyl/N-ethyl adjacent to an activating group) is 1. The minimum atomic E-state index is -0.668. The SMILES string of the molecule is CCN(CC)CC(c1ccccc1Cl)N1CCN(C(=O)[C@@H](Cc2ccc(Cl)cc2)NC(=O)C[C@H]2NCCc3ccccc32)CC1. The summed E-state index contributed by atoms with van der Waals surface area (Å²) in [4.78, 5) is 34.3. The van der Waals surface area contributed by atoms with E-state index < -0.39 is 6.04 Å². The Hall–Kier alpha value is -2.94. The van der Waals surface area contributed by atoms with Crippen LogP contribution in [0.3, 0.4) is 0 Å². The molecule has 9 heteroatoms. The summed E-state index contributed by atoms with van der Waals surface area (Å²) >= 11 is 12.8. The Bertz CT molecular complexity index is 1420. The van der Waals surface area contributed by atoms with Crippen LogP contribution in [0.25, 0.3) is 0 Å². The van der Waals surface area contributed by atoms with Crippen LogP contribution in [0.4, 0.5) is 0 Å². The van der Waals surface area contributed by atoms with E-state index >= 15 is 0 Å². The Morgan fingerprint density at radius 3 is 2.33 bits per heavy atom. The molecule has 3 atom stereocenters. The van der Waals surface area contributed by atoms with Gasteiger partial charge in [-0.05, 0) is 66.5 Å². The predicted molar refractivity (Wildman–Crippen MR) is 183 cm³/mol. The molecule has 1 fully saturated rings. The van der Waals surface area contributed by atoms with Gasteiger partial charge in [0.05, 0.1) is 0 Å². The zero-order chi connectivity index (χ0) is 31.8. The van der Waals surface area contributed by atoms with Crippen molar-refractivity contribution in [2.75, 3.05) is 52.4 Å². The fraction of sp³-hybridized carbons (Fsp3) is 0.444.